The van der Waals surface area contributed by atoms with Gasteiger partial charge in [0.25, 0.3) is 5.91 Å². The molecule has 0 unspecified atom stereocenters. The Morgan fingerprint density at radius 2 is 1.87 bits per heavy atom. The fourth-order valence-electron chi connectivity index (χ4n) is 2.32. The molecule has 0 radical (unpaired) electrons. The van der Waals surface area contributed by atoms with Crippen LogP contribution in [0.25, 0.3) is 0 Å². The summed E-state index contributed by atoms with van der Waals surface area (Å²) in [4.78, 5) is 35.0. The van der Waals surface area contributed by atoms with Crippen molar-refractivity contribution in [2.24, 2.45) is 10.2 Å². The number of hydrogen-bond acceptors (Lipinski definition) is 8. The van der Waals surface area contributed by atoms with E-state index in [0.29, 0.717) is 5.69 Å². The van der Waals surface area contributed by atoms with Crippen LogP contribution in [0.3, 0.4) is 0 Å². The quantitative estimate of drug-likeness (QED) is 0.310. The van der Waals surface area contributed by atoms with Gasteiger partial charge >= 0.3 is 12.1 Å². The third kappa shape index (κ3) is 6.82. The van der Waals surface area contributed by atoms with E-state index in [1.54, 1.807) is 24.3 Å². The van der Waals surface area contributed by atoms with E-state index in [4.69, 9.17) is 4.74 Å². The maximum absolute atomic E-state index is 11.9. The van der Waals surface area contributed by atoms with Crippen molar-refractivity contribution in [3.63, 3.8) is 0 Å². The van der Waals surface area contributed by atoms with Gasteiger partial charge in [-0.15, -0.1) is 5.10 Å². The first-order valence-electron chi connectivity index (χ1n) is 9.01. The van der Waals surface area contributed by atoms with Crippen LogP contribution < -0.4 is 10.6 Å². The number of anilines is 1. The van der Waals surface area contributed by atoms with Crippen molar-refractivity contribution in [3.8, 4) is 0 Å². The molecular formula is C21H18N4O5S. The predicted octanol–water partition coefficient (Wildman–Crippen LogP) is 3.05. The molecule has 2 aromatic carbocycles. The summed E-state index contributed by atoms with van der Waals surface area (Å²) in [5, 5.41) is 13.2. The zero-order valence-corrected chi connectivity index (χ0v) is 17.2. The number of carbonyl (C=O) groups excluding carboxylic acids is 3. The average Bonchev–Trinajstić information content (AvgIpc) is 3.13. The van der Waals surface area contributed by atoms with Crippen molar-refractivity contribution in [1.29, 1.82) is 0 Å². The van der Waals surface area contributed by atoms with Gasteiger partial charge in [-0.05, 0) is 35.0 Å². The molecule has 2 aromatic rings. The maximum Gasteiger partial charge on any atom is 0.411 e. The number of nitrogens with zero attached hydrogens (tertiary/aromatic N) is 2. The van der Waals surface area contributed by atoms with E-state index in [9.17, 15) is 14.4 Å². The number of nitrogens with one attached hydrogen (secondary N) is 2. The Kier molecular flexibility index (Phi) is 7.55. The average molecular weight is 438 g/mol. The van der Waals surface area contributed by atoms with E-state index in [2.05, 4.69) is 25.6 Å². The molecular weight excluding hydrogens is 420 g/mol. The molecule has 1 fully saturated rings. The Hall–Kier alpha value is -3.92. The summed E-state index contributed by atoms with van der Waals surface area (Å²) >= 11 is 0.984. The van der Waals surface area contributed by atoms with E-state index in [1.807, 2.05) is 30.3 Å². The van der Waals surface area contributed by atoms with Gasteiger partial charge < -0.3 is 9.47 Å². The van der Waals surface area contributed by atoms with Crippen molar-refractivity contribution in [2.45, 2.75) is 6.61 Å². The molecule has 1 heterocycles. The standard InChI is InChI=1S/C21H18N4O5S/c1-29-18(26)11-17-19(27)24-20(31-17)25-22-12-14-7-9-16(10-8-14)23-21(28)30-13-15-5-3-2-4-6-15/h2-12H,13H2,1H3,(H,23,28)(H,24,25,27)/b17-11+,22-12?. The number of carbonyl (C=O) groups is 3. The number of amidine groups is 1. The second kappa shape index (κ2) is 10.7. The Morgan fingerprint density at radius 1 is 1.13 bits per heavy atom. The number of benzene rings is 2. The number of thioether (sulfide) groups is 1. The Morgan fingerprint density at radius 3 is 2.58 bits per heavy atom. The van der Waals surface area contributed by atoms with Crippen molar-refractivity contribution in [1.82, 2.24) is 5.32 Å². The minimum Gasteiger partial charge on any atom is -0.466 e. The molecule has 0 spiro atoms. The van der Waals surface area contributed by atoms with Crippen LogP contribution in [0.4, 0.5) is 10.5 Å². The van der Waals surface area contributed by atoms with Gasteiger partial charge in [-0.25, -0.2) is 9.59 Å². The first kappa shape index (κ1) is 21.8. The van der Waals surface area contributed by atoms with Gasteiger partial charge in [0.1, 0.15) is 6.61 Å². The summed E-state index contributed by atoms with van der Waals surface area (Å²) in [7, 11) is 1.23. The molecule has 2 amide bonds. The van der Waals surface area contributed by atoms with Crippen LogP contribution >= 0.6 is 11.8 Å². The highest BCUT2D eigenvalue weighted by Gasteiger charge is 2.24. The van der Waals surface area contributed by atoms with E-state index in [-0.39, 0.29) is 16.7 Å². The SMILES string of the molecule is COC(=O)/C=C1/S/C(=N\N=Cc2ccc(NC(=O)OCc3ccccc3)cc2)NC1=O. The van der Waals surface area contributed by atoms with Crippen molar-refractivity contribution < 1.29 is 23.9 Å². The number of hydrogen-bond donors (Lipinski definition) is 2. The molecule has 0 aliphatic carbocycles. The minimum atomic E-state index is -0.625. The zero-order chi connectivity index (χ0) is 22.1. The molecule has 1 aliphatic rings. The monoisotopic (exact) mass is 438 g/mol. The van der Waals surface area contributed by atoms with E-state index < -0.39 is 18.0 Å². The van der Waals surface area contributed by atoms with E-state index in [1.165, 1.54) is 13.3 Å². The molecule has 0 atom stereocenters. The molecule has 9 nitrogen and oxygen atoms in total. The van der Waals surface area contributed by atoms with Crippen LogP contribution in [-0.2, 0) is 25.7 Å². The highest BCUT2D eigenvalue weighted by Crippen LogP contribution is 2.23. The predicted molar refractivity (Wildman–Crippen MR) is 118 cm³/mol. The third-order valence-corrected chi connectivity index (χ3v) is 4.73. The molecule has 0 bridgehead atoms. The third-order valence-electron chi connectivity index (χ3n) is 3.83. The van der Waals surface area contributed by atoms with Gasteiger partial charge in [0.15, 0.2) is 5.17 Å². The molecule has 1 aliphatic heterocycles. The first-order valence-corrected chi connectivity index (χ1v) is 9.83. The normalized spacial score (nSPS) is 15.8. The lowest BCUT2D eigenvalue weighted by atomic mass is 10.2. The van der Waals surface area contributed by atoms with Crippen LogP contribution in [0.15, 0.2) is 75.8 Å². The van der Waals surface area contributed by atoms with Gasteiger partial charge in [0.05, 0.1) is 18.2 Å². The number of methoxy groups -OCH3 is 1. The van der Waals surface area contributed by atoms with Crippen molar-refractivity contribution >= 4 is 46.8 Å². The summed E-state index contributed by atoms with van der Waals surface area (Å²) in [5.41, 5.74) is 2.19. The Balaban J connectivity index is 1.50. The van der Waals surface area contributed by atoms with Crippen LogP contribution in [0, 0.1) is 0 Å². The van der Waals surface area contributed by atoms with Gasteiger partial charge in [0, 0.05) is 11.8 Å². The molecule has 158 valence electrons. The maximum atomic E-state index is 11.9. The molecule has 1 saturated heterocycles. The highest BCUT2D eigenvalue weighted by molar-refractivity contribution is 8.18. The van der Waals surface area contributed by atoms with Crippen molar-refractivity contribution in [2.75, 3.05) is 12.4 Å². The molecule has 10 heteroatoms. The molecule has 31 heavy (non-hydrogen) atoms. The van der Waals surface area contributed by atoms with Gasteiger partial charge in [0.2, 0.25) is 0 Å². The highest BCUT2D eigenvalue weighted by atomic mass is 32.2. The van der Waals surface area contributed by atoms with Crippen LogP contribution in [-0.4, -0.2) is 36.5 Å². The van der Waals surface area contributed by atoms with Crippen molar-refractivity contribution in [3.05, 3.63) is 76.7 Å². The minimum absolute atomic E-state index is 0.176. The fraction of sp³-hybridized carbons (Fsp3) is 0.0952. The van der Waals surface area contributed by atoms with Crippen LogP contribution in [0.2, 0.25) is 0 Å². The zero-order valence-electron chi connectivity index (χ0n) is 16.4. The van der Waals surface area contributed by atoms with Gasteiger partial charge in [-0.2, -0.15) is 5.10 Å². The summed E-state index contributed by atoms with van der Waals surface area (Å²) in [5.74, 6) is -1.07. The van der Waals surface area contributed by atoms with Crippen LogP contribution in [0.5, 0.6) is 0 Å². The number of ether oxygens (including phenoxy) is 2. The summed E-state index contributed by atoms with van der Waals surface area (Å²) in [6, 6.07) is 16.2. The van der Waals surface area contributed by atoms with Gasteiger partial charge in [-0.1, -0.05) is 42.5 Å². The number of rotatable bonds is 6. The summed E-state index contributed by atoms with van der Waals surface area (Å²) in [6.07, 6.45) is 2.02. The van der Waals surface area contributed by atoms with E-state index >= 15 is 0 Å². The molecule has 0 aromatic heterocycles. The second-order valence-corrected chi connectivity index (χ2v) is 7.08. The van der Waals surface area contributed by atoms with E-state index in [0.717, 1.165) is 29.0 Å². The lowest BCUT2D eigenvalue weighted by molar-refractivity contribution is -0.135. The summed E-state index contributed by atoms with van der Waals surface area (Å²) < 4.78 is 9.66. The number of esters is 1. The first-order chi connectivity index (χ1) is 15.0. The molecule has 2 N–H and O–H groups in total. The van der Waals surface area contributed by atoms with Gasteiger partial charge in [-0.3, -0.25) is 15.4 Å². The lowest BCUT2D eigenvalue weighted by Crippen LogP contribution is -2.19. The second-order valence-electron chi connectivity index (χ2n) is 6.05. The topological polar surface area (TPSA) is 118 Å². The Bertz CT molecular complexity index is 1050. The fourth-order valence-corrected chi connectivity index (χ4v) is 3.06. The molecule has 3 rings (SSSR count). The smallest absolute Gasteiger partial charge is 0.411 e. The summed E-state index contributed by atoms with van der Waals surface area (Å²) in [6.45, 7) is 0.183. The largest absolute Gasteiger partial charge is 0.466 e. The van der Waals surface area contributed by atoms with Crippen LogP contribution in [0.1, 0.15) is 11.1 Å². The Labute approximate surface area is 182 Å². The molecule has 0 saturated carbocycles. The number of amides is 2. The lowest BCUT2D eigenvalue weighted by Gasteiger charge is -2.07.